The summed E-state index contributed by atoms with van der Waals surface area (Å²) in [6.45, 7) is 0. The maximum atomic E-state index is 5.53. The van der Waals surface area contributed by atoms with Crippen LogP contribution in [0.1, 0.15) is 11.1 Å². The van der Waals surface area contributed by atoms with Crippen LogP contribution in [0.2, 0.25) is 0 Å². The lowest BCUT2D eigenvalue weighted by atomic mass is 10.2. The van der Waals surface area contributed by atoms with Crippen LogP contribution < -0.4 is 9.47 Å². The summed E-state index contributed by atoms with van der Waals surface area (Å²) in [5.74, 6) is 1.54. The van der Waals surface area contributed by atoms with Crippen molar-refractivity contribution in [2.75, 3.05) is 0 Å². The van der Waals surface area contributed by atoms with Crippen molar-refractivity contribution in [2.45, 2.75) is 0 Å². The van der Waals surface area contributed by atoms with Gasteiger partial charge in [0, 0.05) is 11.1 Å². The summed E-state index contributed by atoms with van der Waals surface area (Å²) < 4.78 is 11.1. The van der Waals surface area contributed by atoms with Crippen LogP contribution in [0.15, 0.2) is 121 Å². The summed E-state index contributed by atoms with van der Waals surface area (Å²) in [6.07, 6.45) is 0. The molecule has 4 aromatic rings. The highest BCUT2D eigenvalue weighted by Crippen LogP contribution is 2.13. The van der Waals surface area contributed by atoms with Gasteiger partial charge in [-0.05, 0) is 48.7 Å². The Hall–Kier alpha value is -3.34. The largest absolute Gasteiger partial charge is 0.445 e. The Morgan fingerprint density at radius 1 is 0.400 bits per heavy atom. The lowest BCUT2D eigenvalue weighted by Gasteiger charge is -2.06. The fourth-order valence-corrected chi connectivity index (χ4v) is 2.92. The predicted molar refractivity (Wildman–Crippen MR) is 130 cm³/mol. The third-order valence-electron chi connectivity index (χ3n) is 3.93. The summed E-state index contributed by atoms with van der Waals surface area (Å²) in [4.78, 5) is 0. The van der Waals surface area contributed by atoms with Gasteiger partial charge < -0.3 is 9.47 Å². The fraction of sp³-hybridized carbons (Fsp3) is 0. The topological polar surface area (TPSA) is 18.5 Å². The molecule has 0 unspecified atom stereocenters. The molecule has 0 aromatic heterocycles. The number of rotatable bonds is 4. The van der Waals surface area contributed by atoms with E-state index in [0.29, 0.717) is 10.1 Å². The van der Waals surface area contributed by atoms with Crippen LogP contribution in [0.3, 0.4) is 0 Å². The molecule has 4 aromatic carbocycles. The summed E-state index contributed by atoms with van der Waals surface area (Å²) in [6, 6.07) is 38.5. The number of para-hydroxylation sites is 2. The average molecular weight is 429 g/mol. The van der Waals surface area contributed by atoms with Crippen molar-refractivity contribution in [3.63, 3.8) is 0 Å². The van der Waals surface area contributed by atoms with Gasteiger partial charge in [0.2, 0.25) is 0 Å². The molecule has 4 rings (SSSR count). The molecule has 0 bridgehead atoms. The van der Waals surface area contributed by atoms with Crippen LogP contribution in [0, 0.1) is 0 Å². The SMILES string of the molecule is S=C(Oc1ccccc1)c1ccccc1.S=C(Oc1ccccc1)c1ccccc1. The highest BCUT2D eigenvalue weighted by atomic mass is 32.1. The van der Waals surface area contributed by atoms with Crippen molar-refractivity contribution in [3.05, 3.63) is 132 Å². The Morgan fingerprint density at radius 2 is 0.667 bits per heavy atom. The molecule has 0 aliphatic rings. The Kier molecular flexibility index (Phi) is 8.27. The molecule has 0 atom stereocenters. The molecule has 0 aliphatic carbocycles. The van der Waals surface area contributed by atoms with Gasteiger partial charge in [0.05, 0.1) is 0 Å². The van der Waals surface area contributed by atoms with Crippen LogP contribution in [-0.4, -0.2) is 10.1 Å². The number of ether oxygens (including phenoxy) is 2. The van der Waals surface area contributed by atoms with E-state index in [9.17, 15) is 0 Å². The van der Waals surface area contributed by atoms with Gasteiger partial charge in [-0.15, -0.1) is 0 Å². The van der Waals surface area contributed by atoms with Crippen LogP contribution >= 0.6 is 24.4 Å². The first-order valence-electron chi connectivity index (χ1n) is 9.37. The maximum Gasteiger partial charge on any atom is 0.198 e. The van der Waals surface area contributed by atoms with Crippen molar-refractivity contribution < 1.29 is 9.47 Å². The van der Waals surface area contributed by atoms with Crippen LogP contribution in [0.25, 0.3) is 0 Å². The van der Waals surface area contributed by atoms with Crippen molar-refractivity contribution in [1.82, 2.24) is 0 Å². The molecule has 4 heteroatoms. The number of hydrogen-bond donors (Lipinski definition) is 0. The lowest BCUT2D eigenvalue weighted by Crippen LogP contribution is -2.06. The van der Waals surface area contributed by atoms with Gasteiger partial charge in [-0.1, -0.05) is 97.1 Å². The van der Waals surface area contributed by atoms with Gasteiger partial charge in [0.15, 0.2) is 10.1 Å². The van der Waals surface area contributed by atoms with E-state index in [0.717, 1.165) is 22.6 Å². The number of hydrogen-bond acceptors (Lipinski definition) is 4. The van der Waals surface area contributed by atoms with E-state index in [4.69, 9.17) is 33.9 Å². The van der Waals surface area contributed by atoms with Crippen LogP contribution in [0.5, 0.6) is 11.5 Å². The minimum atomic E-state index is 0.502. The molecule has 0 aliphatic heterocycles. The highest BCUT2D eigenvalue weighted by molar-refractivity contribution is 7.80. The zero-order chi connectivity index (χ0) is 21.0. The zero-order valence-electron chi connectivity index (χ0n) is 16.2. The summed E-state index contributed by atoms with van der Waals surface area (Å²) in [5, 5.41) is 1.00. The smallest absolute Gasteiger partial charge is 0.198 e. The number of benzene rings is 4. The first kappa shape index (κ1) is 21.4. The molecule has 2 nitrogen and oxygen atoms in total. The molecular formula is C26H20O2S2. The van der Waals surface area contributed by atoms with Crippen molar-refractivity contribution in [1.29, 1.82) is 0 Å². The Bertz CT molecular complexity index is 962. The molecule has 0 spiro atoms. The summed E-state index contributed by atoms with van der Waals surface area (Å²) in [7, 11) is 0. The standard InChI is InChI=1S/2C13H10OS/c2*15-13(11-7-3-1-4-8-11)14-12-9-5-2-6-10-12/h2*1-10H. The fourth-order valence-electron chi connectivity index (χ4n) is 2.46. The van der Waals surface area contributed by atoms with Gasteiger partial charge >= 0.3 is 0 Å². The van der Waals surface area contributed by atoms with Crippen LogP contribution in [0.4, 0.5) is 0 Å². The summed E-state index contributed by atoms with van der Waals surface area (Å²) >= 11 is 10.4. The third kappa shape index (κ3) is 6.92. The van der Waals surface area contributed by atoms with Crippen molar-refractivity contribution in [2.24, 2.45) is 0 Å². The molecule has 0 radical (unpaired) electrons. The highest BCUT2D eigenvalue weighted by Gasteiger charge is 2.02. The van der Waals surface area contributed by atoms with E-state index >= 15 is 0 Å². The molecule has 30 heavy (non-hydrogen) atoms. The van der Waals surface area contributed by atoms with Gasteiger partial charge in [0.1, 0.15) is 11.5 Å². The maximum absolute atomic E-state index is 5.53. The molecule has 0 N–H and O–H groups in total. The lowest BCUT2D eigenvalue weighted by molar-refractivity contribution is 0.566. The van der Waals surface area contributed by atoms with Gasteiger partial charge in [0.25, 0.3) is 0 Å². The van der Waals surface area contributed by atoms with Gasteiger partial charge in [-0.2, -0.15) is 0 Å². The van der Waals surface area contributed by atoms with E-state index in [1.807, 2.05) is 121 Å². The molecule has 0 heterocycles. The van der Waals surface area contributed by atoms with Crippen molar-refractivity contribution >= 4 is 34.5 Å². The van der Waals surface area contributed by atoms with E-state index in [-0.39, 0.29) is 0 Å². The first-order chi connectivity index (χ1) is 14.7. The first-order valence-corrected chi connectivity index (χ1v) is 10.2. The van der Waals surface area contributed by atoms with Crippen LogP contribution in [-0.2, 0) is 0 Å². The molecule has 0 amide bonds. The Labute approximate surface area is 187 Å². The predicted octanol–water partition coefficient (Wildman–Crippen LogP) is 6.88. The van der Waals surface area contributed by atoms with Gasteiger partial charge in [-0.3, -0.25) is 0 Å². The second kappa shape index (κ2) is 11.6. The molecular weight excluding hydrogens is 408 g/mol. The third-order valence-corrected chi connectivity index (χ3v) is 4.56. The van der Waals surface area contributed by atoms with Crippen molar-refractivity contribution in [3.8, 4) is 11.5 Å². The normalized spacial score (nSPS) is 9.60. The second-order valence-electron chi connectivity index (χ2n) is 6.14. The Morgan fingerprint density at radius 3 is 0.967 bits per heavy atom. The zero-order valence-corrected chi connectivity index (χ0v) is 17.8. The summed E-state index contributed by atoms with van der Waals surface area (Å²) in [5.41, 5.74) is 1.85. The monoisotopic (exact) mass is 428 g/mol. The second-order valence-corrected chi connectivity index (χ2v) is 6.88. The van der Waals surface area contributed by atoms with E-state index in [1.54, 1.807) is 0 Å². The quantitative estimate of drug-likeness (QED) is 0.330. The van der Waals surface area contributed by atoms with E-state index < -0.39 is 0 Å². The van der Waals surface area contributed by atoms with E-state index in [2.05, 4.69) is 0 Å². The van der Waals surface area contributed by atoms with Gasteiger partial charge in [-0.25, -0.2) is 0 Å². The average Bonchev–Trinajstić information content (AvgIpc) is 2.82. The molecule has 0 saturated carbocycles. The molecule has 148 valence electrons. The molecule has 0 saturated heterocycles. The van der Waals surface area contributed by atoms with E-state index in [1.165, 1.54) is 0 Å². The Balaban J connectivity index is 0.000000171. The minimum Gasteiger partial charge on any atom is -0.445 e. The molecule has 0 fully saturated rings. The number of thiocarbonyl (C=S) groups is 2. The minimum absolute atomic E-state index is 0.502.